The average Bonchev–Trinajstić information content (AvgIpc) is 2.66. The van der Waals surface area contributed by atoms with Gasteiger partial charge in [0.2, 0.25) is 0 Å². The first-order valence-corrected chi connectivity index (χ1v) is 6.31. The number of carbonyl (C=O) groups is 3. The summed E-state index contributed by atoms with van der Waals surface area (Å²) in [5, 5.41) is 9.27. The smallest absolute Gasteiger partial charge is 0.419 e. The van der Waals surface area contributed by atoms with E-state index < -0.39 is 30.1 Å². The maximum atomic E-state index is 11.6. The number of aryl methyl sites for hydroxylation is 1. The van der Waals surface area contributed by atoms with Crippen LogP contribution in [0.15, 0.2) is 30.3 Å². The fraction of sp³-hybridized carbons (Fsp3) is 0.357. The van der Waals surface area contributed by atoms with Gasteiger partial charge in [-0.15, -0.1) is 0 Å². The van der Waals surface area contributed by atoms with Gasteiger partial charge in [-0.1, -0.05) is 30.3 Å². The second kappa shape index (κ2) is 5.73. The molecule has 1 amide bonds. The molecule has 2 atom stereocenters. The number of carbonyl (C=O) groups excluding carboxylic acids is 2. The number of ether oxygens (including phenoxy) is 1. The first kappa shape index (κ1) is 14.0. The monoisotopic (exact) mass is 277 g/mol. The molecular formula is C14H15NO5. The van der Waals surface area contributed by atoms with Crippen molar-refractivity contribution in [1.82, 2.24) is 4.90 Å². The zero-order valence-corrected chi connectivity index (χ0v) is 11.0. The Kier molecular flexibility index (Phi) is 4.02. The summed E-state index contributed by atoms with van der Waals surface area (Å²) in [5.41, 5.74) is 0.977. The average molecular weight is 277 g/mol. The van der Waals surface area contributed by atoms with Gasteiger partial charge in [0, 0.05) is 0 Å². The largest absolute Gasteiger partial charge is 0.480 e. The minimum Gasteiger partial charge on any atom is -0.480 e. The molecule has 1 N–H and O–H groups in total. The van der Waals surface area contributed by atoms with Gasteiger partial charge in [-0.05, 0) is 25.3 Å². The molecule has 2 rings (SSSR count). The van der Waals surface area contributed by atoms with Crippen molar-refractivity contribution in [2.45, 2.75) is 31.8 Å². The Hall–Kier alpha value is -2.37. The fourth-order valence-corrected chi connectivity index (χ4v) is 2.22. The highest BCUT2D eigenvalue weighted by atomic mass is 16.6. The maximum absolute atomic E-state index is 11.6. The Morgan fingerprint density at radius 1 is 1.35 bits per heavy atom. The zero-order valence-electron chi connectivity index (χ0n) is 11.0. The number of carboxylic acids is 1. The van der Waals surface area contributed by atoms with Crippen molar-refractivity contribution in [2.75, 3.05) is 0 Å². The van der Waals surface area contributed by atoms with Gasteiger partial charge in [-0.2, -0.15) is 0 Å². The molecule has 1 aromatic carbocycles. The van der Waals surface area contributed by atoms with Crippen molar-refractivity contribution in [3.8, 4) is 0 Å². The van der Waals surface area contributed by atoms with Crippen molar-refractivity contribution in [3.63, 3.8) is 0 Å². The minimum atomic E-state index is -1.14. The standard InChI is InChI=1S/C14H15NO5/c1-9-13(18)20-14(19)15(9)11(12(16)17)8-7-10-5-3-2-4-6-10/h2-6,9,11H,7-8H2,1H3,(H,16,17)/t9?,11-/m0/s1. The lowest BCUT2D eigenvalue weighted by Crippen LogP contribution is -2.46. The van der Waals surface area contributed by atoms with Gasteiger partial charge in [0.05, 0.1) is 0 Å². The topological polar surface area (TPSA) is 83.9 Å². The van der Waals surface area contributed by atoms with Gasteiger partial charge in [0.15, 0.2) is 0 Å². The number of nitrogens with zero attached hydrogens (tertiary/aromatic N) is 1. The number of esters is 1. The first-order valence-electron chi connectivity index (χ1n) is 6.31. The summed E-state index contributed by atoms with van der Waals surface area (Å²) in [6.45, 7) is 1.46. The van der Waals surface area contributed by atoms with Gasteiger partial charge in [-0.3, -0.25) is 4.90 Å². The zero-order chi connectivity index (χ0) is 14.7. The SMILES string of the molecule is CC1C(=O)OC(=O)N1[C@@H](CCc1ccccc1)C(=O)O. The molecule has 1 fully saturated rings. The number of carboxylic acid groups (broad SMARTS) is 1. The van der Waals surface area contributed by atoms with E-state index in [0.717, 1.165) is 10.5 Å². The van der Waals surface area contributed by atoms with Crippen molar-refractivity contribution in [1.29, 1.82) is 0 Å². The van der Waals surface area contributed by atoms with Crippen LogP contribution < -0.4 is 0 Å². The Morgan fingerprint density at radius 2 is 2.00 bits per heavy atom. The van der Waals surface area contributed by atoms with E-state index in [1.165, 1.54) is 6.92 Å². The minimum absolute atomic E-state index is 0.228. The molecule has 0 bridgehead atoms. The van der Waals surface area contributed by atoms with E-state index >= 15 is 0 Å². The lowest BCUT2D eigenvalue weighted by atomic mass is 10.0. The molecule has 1 aromatic rings. The second-order valence-corrected chi connectivity index (χ2v) is 4.65. The normalized spacial score (nSPS) is 19.9. The molecular weight excluding hydrogens is 262 g/mol. The third-order valence-electron chi connectivity index (χ3n) is 3.33. The lowest BCUT2D eigenvalue weighted by Gasteiger charge is -2.24. The molecule has 0 aromatic heterocycles. The Bertz CT molecular complexity index is 528. The highest BCUT2D eigenvalue weighted by Crippen LogP contribution is 2.20. The molecule has 1 aliphatic heterocycles. The number of hydrogen-bond donors (Lipinski definition) is 1. The second-order valence-electron chi connectivity index (χ2n) is 4.65. The Morgan fingerprint density at radius 3 is 2.50 bits per heavy atom. The van der Waals surface area contributed by atoms with E-state index in [1.54, 1.807) is 0 Å². The van der Waals surface area contributed by atoms with Crippen LogP contribution in [-0.2, 0) is 20.7 Å². The number of cyclic esters (lactones) is 2. The molecule has 0 saturated carbocycles. The van der Waals surface area contributed by atoms with Crippen LogP contribution in [0.1, 0.15) is 18.9 Å². The van der Waals surface area contributed by atoms with Gasteiger partial charge in [0.1, 0.15) is 12.1 Å². The van der Waals surface area contributed by atoms with Crippen molar-refractivity contribution in [3.05, 3.63) is 35.9 Å². The van der Waals surface area contributed by atoms with E-state index in [9.17, 15) is 19.5 Å². The number of aliphatic carboxylic acids is 1. The van der Waals surface area contributed by atoms with Gasteiger partial charge < -0.3 is 9.84 Å². The fourth-order valence-electron chi connectivity index (χ4n) is 2.22. The van der Waals surface area contributed by atoms with Crippen LogP contribution in [0.3, 0.4) is 0 Å². The van der Waals surface area contributed by atoms with E-state index in [2.05, 4.69) is 4.74 Å². The Balaban J connectivity index is 2.10. The number of hydrogen-bond acceptors (Lipinski definition) is 4. The molecule has 1 aliphatic rings. The molecule has 0 spiro atoms. The maximum Gasteiger partial charge on any atom is 0.419 e. The summed E-state index contributed by atoms with van der Waals surface area (Å²) >= 11 is 0. The van der Waals surface area contributed by atoms with Crippen LogP contribution in [0.2, 0.25) is 0 Å². The number of benzene rings is 1. The summed E-state index contributed by atoms with van der Waals surface area (Å²) in [7, 11) is 0. The third kappa shape index (κ3) is 2.79. The summed E-state index contributed by atoms with van der Waals surface area (Å²) in [4.78, 5) is 35.2. The molecule has 6 nitrogen and oxygen atoms in total. The molecule has 0 aliphatic carbocycles. The third-order valence-corrected chi connectivity index (χ3v) is 3.33. The van der Waals surface area contributed by atoms with Crippen molar-refractivity contribution < 1.29 is 24.2 Å². The van der Waals surface area contributed by atoms with Crippen molar-refractivity contribution in [2.24, 2.45) is 0 Å². The molecule has 1 saturated heterocycles. The van der Waals surface area contributed by atoms with Crippen LogP contribution in [0.25, 0.3) is 0 Å². The highest BCUT2D eigenvalue weighted by molar-refractivity contribution is 5.97. The van der Waals surface area contributed by atoms with E-state index in [-0.39, 0.29) is 6.42 Å². The van der Waals surface area contributed by atoms with E-state index in [4.69, 9.17) is 0 Å². The van der Waals surface area contributed by atoms with Crippen LogP contribution in [0.4, 0.5) is 4.79 Å². The quantitative estimate of drug-likeness (QED) is 0.650. The summed E-state index contributed by atoms with van der Waals surface area (Å²) < 4.78 is 4.45. The summed E-state index contributed by atoms with van der Waals surface area (Å²) in [6.07, 6.45) is -0.155. The van der Waals surface area contributed by atoms with Crippen LogP contribution in [-0.4, -0.2) is 40.1 Å². The molecule has 0 radical (unpaired) electrons. The van der Waals surface area contributed by atoms with E-state index in [1.807, 2.05) is 30.3 Å². The lowest BCUT2D eigenvalue weighted by molar-refractivity contribution is -0.143. The number of rotatable bonds is 5. The van der Waals surface area contributed by atoms with Crippen molar-refractivity contribution >= 4 is 18.0 Å². The predicted octanol–water partition coefficient (Wildman–Crippen LogP) is 1.44. The first-order chi connectivity index (χ1) is 9.50. The van der Waals surface area contributed by atoms with Crippen LogP contribution >= 0.6 is 0 Å². The molecule has 20 heavy (non-hydrogen) atoms. The van der Waals surface area contributed by atoms with Gasteiger partial charge in [-0.25, -0.2) is 14.4 Å². The molecule has 1 heterocycles. The molecule has 106 valence electrons. The Labute approximate surface area is 115 Å². The van der Waals surface area contributed by atoms with Gasteiger partial charge in [0.25, 0.3) is 0 Å². The predicted molar refractivity (Wildman–Crippen MR) is 69.0 cm³/mol. The molecule has 1 unspecified atom stereocenters. The number of amides is 1. The summed E-state index contributed by atoms with van der Waals surface area (Å²) in [5.74, 6) is -1.85. The summed E-state index contributed by atoms with van der Waals surface area (Å²) in [6, 6.07) is 7.44. The van der Waals surface area contributed by atoms with E-state index in [0.29, 0.717) is 6.42 Å². The van der Waals surface area contributed by atoms with Crippen LogP contribution in [0.5, 0.6) is 0 Å². The highest BCUT2D eigenvalue weighted by Gasteiger charge is 2.44. The van der Waals surface area contributed by atoms with Crippen LogP contribution in [0, 0.1) is 0 Å². The molecule has 6 heteroatoms. The van der Waals surface area contributed by atoms with Gasteiger partial charge >= 0.3 is 18.0 Å².